The first-order valence-electron chi connectivity index (χ1n) is 9.14. The van der Waals surface area contributed by atoms with Crippen LogP contribution in [0.4, 0.5) is 0 Å². The standard InChI is InChI=1S/C22H12Cl2N4O3/c23-15-9-5-13(6-10-15)19-25-21(30-26-19)17-3-1-2-4-18(17)28-20(27-31-22(28)29)14-7-11-16(24)12-8-14/h1-12H. The van der Waals surface area contributed by atoms with E-state index in [0.29, 0.717) is 38.5 Å². The van der Waals surface area contributed by atoms with Gasteiger partial charge >= 0.3 is 5.76 Å². The Labute approximate surface area is 185 Å². The Morgan fingerprint density at radius 1 is 0.742 bits per heavy atom. The van der Waals surface area contributed by atoms with Crippen LogP contribution in [0.1, 0.15) is 0 Å². The molecule has 0 fully saturated rings. The summed E-state index contributed by atoms with van der Waals surface area (Å²) < 4.78 is 11.8. The maximum atomic E-state index is 12.6. The van der Waals surface area contributed by atoms with Crippen molar-refractivity contribution >= 4 is 23.2 Å². The Morgan fingerprint density at radius 2 is 1.39 bits per heavy atom. The first-order chi connectivity index (χ1) is 15.1. The Bertz CT molecular complexity index is 1420. The quantitative estimate of drug-likeness (QED) is 0.358. The maximum absolute atomic E-state index is 12.6. The van der Waals surface area contributed by atoms with E-state index >= 15 is 0 Å². The summed E-state index contributed by atoms with van der Waals surface area (Å²) in [4.78, 5) is 17.0. The molecule has 5 aromatic rings. The second-order valence-electron chi connectivity index (χ2n) is 6.56. The fourth-order valence-corrected chi connectivity index (χ4v) is 3.39. The molecule has 2 heterocycles. The summed E-state index contributed by atoms with van der Waals surface area (Å²) in [5.41, 5.74) is 2.46. The molecule has 0 amide bonds. The monoisotopic (exact) mass is 450 g/mol. The van der Waals surface area contributed by atoms with Crippen LogP contribution in [0, 0.1) is 0 Å². The Kier molecular flexibility index (Phi) is 4.89. The lowest BCUT2D eigenvalue weighted by molar-refractivity contribution is 0.383. The van der Waals surface area contributed by atoms with Gasteiger partial charge in [-0.25, -0.2) is 9.36 Å². The minimum atomic E-state index is -0.644. The average molecular weight is 451 g/mol. The summed E-state index contributed by atoms with van der Waals surface area (Å²) in [6.45, 7) is 0. The number of para-hydroxylation sites is 1. The molecule has 31 heavy (non-hydrogen) atoms. The van der Waals surface area contributed by atoms with E-state index in [1.54, 1.807) is 66.7 Å². The zero-order chi connectivity index (χ0) is 21.4. The highest BCUT2D eigenvalue weighted by Crippen LogP contribution is 2.30. The molecule has 0 N–H and O–H groups in total. The Balaban J connectivity index is 1.62. The summed E-state index contributed by atoms with van der Waals surface area (Å²) >= 11 is 11.9. The predicted octanol–water partition coefficient (Wildman–Crippen LogP) is 5.52. The fourth-order valence-electron chi connectivity index (χ4n) is 3.14. The van der Waals surface area contributed by atoms with Crippen molar-refractivity contribution in [1.29, 1.82) is 0 Å². The van der Waals surface area contributed by atoms with E-state index < -0.39 is 5.76 Å². The summed E-state index contributed by atoms with van der Waals surface area (Å²) in [5.74, 6) is 0.328. The average Bonchev–Trinajstić information content (AvgIpc) is 3.42. The minimum absolute atomic E-state index is 0.246. The van der Waals surface area contributed by atoms with Gasteiger partial charge < -0.3 is 4.52 Å². The van der Waals surface area contributed by atoms with Crippen molar-refractivity contribution in [2.24, 2.45) is 0 Å². The van der Waals surface area contributed by atoms with Crippen LogP contribution in [0.5, 0.6) is 0 Å². The highest BCUT2D eigenvalue weighted by Gasteiger charge is 2.21. The van der Waals surface area contributed by atoms with Crippen LogP contribution in [-0.2, 0) is 0 Å². The lowest BCUT2D eigenvalue weighted by atomic mass is 10.1. The van der Waals surface area contributed by atoms with Crippen molar-refractivity contribution in [2.45, 2.75) is 0 Å². The van der Waals surface area contributed by atoms with E-state index in [0.717, 1.165) is 5.56 Å². The molecular weight excluding hydrogens is 439 g/mol. The lowest BCUT2D eigenvalue weighted by Gasteiger charge is -2.08. The molecule has 5 rings (SSSR count). The van der Waals surface area contributed by atoms with Gasteiger partial charge in [-0.15, -0.1) is 0 Å². The van der Waals surface area contributed by atoms with Gasteiger partial charge in [-0.3, -0.25) is 4.52 Å². The van der Waals surface area contributed by atoms with Crippen molar-refractivity contribution < 1.29 is 9.05 Å². The normalized spacial score (nSPS) is 11.0. The zero-order valence-corrected chi connectivity index (χ0v) is 17.2. The van der Waals surface area contributed by atoms with Gasteiger partial charge in [0.15, 0.2) is 5.82 Å². The number of nitrogens with zero attached hydrogens (tertiary/aromatic N) is 4. The van der Waals surface area contributed by atoms with Crippen LogP contribution < -0.4 is 5.76 Å². The molecule has 0 aliphatic rings. The van der Waals surface area contributed by atoms with Crippen LogP contribution >= 0.6 is 23.2 Å². The molecule has 3 aromatic carbocycles. The largest absolute Gasteiger partial charge is 0.446 e. The Morgan fingerprint density at radius 3 is 2.10 bits per heavy atom. The molecule has 0 atom stereocenters. The molecule has 0 radical (unpaired) electrons. The van der Waals surface area contributed by atoms with Crippen LogP contribution in [0.3, 0.4) is 0 Å². The molecule has 0 saturated carbocycles. The predicted molar refractivity (Wildman–Crippen MR) is 116 cm³/mol. The first-order valence-corrected chi connectivity index (χ1v) is 9.90. The van der Waals surface area contributed by atoms with Gasteiger partial charge in [-0.05, 0) is 60.7 Å². The van der Waals surface area contributed by atoms with Crippen LogP contribution in [0.25, 0.3) is 39.9 Å². The van der Waals surface area contributed by atoms with Crippen molar-refractivity contribution in [3.63, 3.8) is 0 Å². The molecule has 7 nitrogen and oxygen atoms in total. The van der Waals surface area contributed by atoms with E-state index in [2.05, 4.69) is 15.3 Å². The lowest BCUT2D eigenvalue weighted by Crippen LogP contribution is -2.14. The number of hydrogen-bond donors (Lipinski definition) is 0. The minimum Gasteiger partial charge on any atom is -0.334 e. The molecule has 2 aromatic heterocycles. The van der Waals surface area contributed by atoms with E-state index in [9.17, 15) is 4.79 Å². The number of aromatic nitrogens is 4. The van der Waals surface area contributed by atoms with Gasteiger partial charge in [0.25, 0.3) is 5.89 Å². The third kappa shape index (κ3) is 3.65. The van der Waals surface area contributed by atoms with Crippen molar-refractivity contribution in [3.8, 4) is 39.9 Å². The first kappa shape index (κ1) is 19.3. The molecule has 0 saturated heterocycles. The van der Waals surface area contributed by atoms with Crippen molar-refractivity contribution in [1.82, 2.24) is 19.9 Å². The van der Waals surface area contributed by atoms with Crippen LogP contribution in [0.2, 0.25) is 10.0 Å². The number of hydrogen-bond acceptors (Lipinski definition) is 6. The number of benzene rings is 3. The van der Waals surface area contributed by atoms with Gasteiger partial charge in [0, 0.05) is 21.2 Å². The number of halogens is 2. The van der Waals surface area contributed by atoms with Crippen LogP contribution in [0.15, 0.2) is 86.6 Å². The van der Waals surface area contributed by atoms with Gasteiger partial charge in [0.1, 0.15) is 0 Å². The summed E-state index contributed by atoms with van der Waals surface area (Å²) in [7, 11) is 0. The van der Waals surface area contributed by atoms with Gasteiger partial charge in [0.2, 0.25) is 5.82 Å². The molecule has 0 bridgehead atoms. The SMILES string of the molecule is O=c1onc(-c2ccc(Cl)cc2)n1-c1ccccc1-c1nc(-c2ccc(Cl)cc2)no1. The highest BCUT2D eigenvalue weighted by molar-refractivity contribution is 6.30. The summed E-state index contributed by atoms with van der Waals surface area (Å²) in [6, 6.07) is 21.1. The van der Waals surface area contributed by atoms with E-state index in [1.807, 2.05) is 6.07 Å². The van der Waals surface area contributed by atoms with Crippen molar-refractivity contribution in [2.75, 3.05) is 0 Å². The second kappa shape index (κ2) is 7.86. The molecule has 152 valence electrons. The molecule has 0 spiro atoms. The summed E-state index contributed by atoms with van der Waals surface area (Å²) in [6.07, 6.45) is 0. The Hall–Kier alpha value is -3.68. The van der Waals surface area contributed by atoms with Gasteiger partial charge in [-0.2, -0.15) is 4.98 Å². The molecule has 0 aliphatic carbocycles. The smallest absolute Gasteiger partial charge is 0.334 e. The molecular formula is C22H12Cl2N4O3. The maximum Gasteiger partial charge on any atom is 0.446 e. The molecule has 9 heteroatoms. The highest BCUT2D eigenvalue weighted by atomic mass is 35.5. The second-order valence-corrected chi connectivity index (χ2v) is 7.43. The molecule has 0 aliphatic heterocycles. The van der Waals surface area contributed by atoms with E-state index in [1.165, 1.54) is 4.57 Å². The third-order valence-corrected chi connectivity index (χ3v) is 5.11. The van der Waals surface area contributed by atoms with Gasteiger partial charge in [-0.1, -0.05) is 45.6 Å². The fraction of sp³-hybridized carbons (Fsp3) is 0. The molecule has 0 unspecified atom stereocenters. The van der Waals surface area contributed by atoms with Crippen LogP contribution in [-0.4, -0.2) is 19.9 Å². The van der Waals surface area contributed by atoms with Crippen molar-refractivity contribution in [3.05, 3.63) is 93.4 Å². The topological polar surface area (TPSA) is 87.0 Å². The van der Waals surface area contributed by atoms with E-state index in [-0.39, 0.29) is 5.89 Å². The van der Waals surface area contributed by atoms with Gasteiger partial charge in [0.05, 0.1) is 11.3 Å². The zero-order valence-electron chi connectivity index (χ0n) is 15.7. The third-order valence-electron chi connectivity index (χ3n) is 4.61. The summed E-state index contributed by atoms with van der Waals surface area (Å²) in [5, 5.41) is 9.18. The number of rotatable bonds is 4. The van der Waals surface area contributed by atoms with E-state index in [4.69, 9.17) is 32.2 Å².